The third-order valence-corrected chi connectivity index (χ3v) is 12.3. The van der Waals surface area contributed by atoms with Crippen LogP contribution >= 0.6 is 0 Å². The summed E-state index contributed by atoms with van der Waals surface area (Å²) in [4.78, 5) is 138. The van der Waals surface area contributed by atoms with Crippen molar-refractivity contribution in [1.29, 1.82) is 0 Å². The highest BCUT2D eigenvalue weighted by Crippen LogP contribution is 2.12. The van der Waals surface area contributed by atoms with E-state index in [0.717, 1.165) is 32.1 Å². The molecule has 1 fully saturated rings. The summed E-state index contributed by atoms with van der Waals surface area (Å²) in [5.41, 5.74) is 23.4. The van der Waals surface area contributed by atoms with E-state index < -0.39 is 139 Å². The van der Waals surface area contributed by atoms with E-state index >= 15 is 0 Å². The van der Waals surface area contributed by atoms with Crippen molar-refractivity contribution in [3.63, 3.8) is 0 Å². The minimum atomic E-state index is -1.65. The third-order valence-electron chi connectivity index (χ3n) is 12.3. The van der Waals surface area contributed by atoms with Gasteiger partial charge in [0.15, 0.2) is 0 Å². The Hall–Kier alpha value is -5.54. The molecular weight excluding hydrogens is 977 g/mol. The van der Waals surface area contributed by atoms with Gasteiger partial charge in [-0.3, -0.25) is 47.9 Å². The molecule has 11 atom stereocenters. The van der Waals surface area contributed by atoms with Crippen molar-refractivity contribution in [3.05, 3.63) is 0 Å². The highest BCUT2D eigenvalue weighted by atomic mass is 16.3. The van der Waals surface area contributed by atoms with Crippen molar-refractivity contribution in [2.75, 3.05) is 32.7 Å². The number of rotatable bonds is 26. The van der Waals surface area contributed by atoms with Gasteiger partial charge in [0.2, 0.25) is 59.1 Å². The van der Waals surface area contributed by atoms with Gasteiger partial charge in [0.25, 0.3) is 0 Å². The lowest BCUT2D eigenvalue weighted by atomic mass is 9.99. The molecule has 1 heterocycles. The maximum Gasteiger partial charge on any atom is 0.245 e. The predicted molar refractivity (Wildman–Crippen MR) is 280 cm³/mol. The van der Waals surface area contributed by atoms with Gasteiger partial charge in [-0.25, -0.2) is 0 Å². The molecule has 1 saturated heterocycles. The standard InChI is InChI=1S/C49H92N14O12/c1-8-9-10-11-12-13-14-38(66)62-40(30(7)65)49(75)59-33(17-22-52)42(68)58-35-19-24-54-48(74)39(29(6)64)63-45(71)34(18-23-53)56-41(67)31(15-20-50)57-46(72)36(25-27(2)3)61-47(73)37(26-28(4)5)60-43(69)32(16-21-51)55-44(35)70/h27-37,39-40,64-65H,8-26,50-53H2,1-7H3,(H,54,74)(H,55,70)(H,56,67)(H,57,72)(H,58,68)(H,59,75)(H,60,69)(H,61,73)(H,62,66)(H,63,71)/t29-,30-,31+,32+,33+,34+,35+,36+,37-,39+,40+/m1/s1. The minimum Gasteiger partial charge on any atom is -0.391 e. The van der Waals surface area contributed by atoms with Gasteiger partial charge in [0.05, 0.1) is 12.2 Å². The van der Waals surface area contributed by atoms with Gasteiger partial charge in [-0.15, -0.1) is 0 Å². The van der Waals surface area contributed by atoms with E-state index in [0.29, 0.717) is 6.42 Å². The lowest BCUT2D eigenvalue weighted by Gasteiger charge is -2.29. The molecule has 26 heteroatoms. The smallest absolute Gasteiger partial charge is 0.245 e. The molecular formula is C49H92N14O12. The van der Waals surface area contributed by atoms with E-state index in [2.05, 4.69) is 60.1 Å². The molecule has 0 saturated carbocycles. The van der Waals surface area contributed by atoms with Crippen molar-refractivity contribution in [1.82, 2.24) is 53.2 Å². The van der Waals surface area contributed by atoms with Gasteiger partial charge in [0.1, 0.15) is 54.4 Å². The Balaban J connectivity index is 3.81. The normalized spacial score (nSPS) is 23.7. The molecule has 0 aromatic rings. The summed E-state index contributed by atoms with van der Waals surface area (Å²) in [6, 6.07) is -12.8. The summed E-state index contributed by atoms with van der Waals surface area (Å²) in [5, 5.41) is 46.8. The van der Waals surface area contributed by atoms with Crippen molar-refractivity contribution in [3.8, 4) is 0 Å². The summed E-state index contributed by atoms with van der Waals surface area (Å²) < 4.78 is 0. The average molecular weight is 1070 g/mol. The molecule has 0 aromatic carbocycles. The van der Waals surface area contributed by atoms with Crippen molar-refractivity contribution in [2.24, 2.45) is 34.8 Å². The first-order chi connectivity index (χ1) is 35.4. The summed E-state index contributed by atoms with van der Waals surface area (Å²) >= 11 is 0. The SMILES string of the molecule is CCCCCCCCC(=O)N[C@H](C(=O)N[C@@H](CCN)C(=O)N[C@H]1CCNC(=O)[C@H]([C@@H](C)O)NC(=O)[C@H](CCN)NC(=O)[C@H](CCN)NC(=O)[C@H](CC(C)C)NC(=O)[C@@H](CC(C)C)NC(=O)[C@H](CCN)NC1=O)[C@@H](C)O. The van der Waals surface area contributed by atoms with Crippen LogP contribution < -0.4 is 76.1 Å². The van der Waals surface area contributed by atoms with E-state index in [9.17, 15) is 58.2 Å². The number of nitrogens with one attached hydrogen (secondary N) is 10. The fraction of sp³-hybridized carbons (Fsp3) is 0.796. The molecule has 0 spiro atoms. The third kappa shape index (κ3) is 25.7. The predicted octanol–water partition coefficient (Wildman–Crippen LogP) is -4.13. The number of amides is 10. The van der Waals surface area contributed by atoms with Crippen LogP contribution in [0.3, 0.4) is 0 Å². The molecule has 0 radical (unpaired) electrons. The maximum atomic E-state index is 14.3. The van der Waals surface area contributed by atoms with Crippen molar-refractivity contribution in [2.45, 2.75) is 205 Å². The Kier molecular flexibility index (Phi) is 32.8. The zero-order valence-electron chi connectivity index (χ0n) is 45.2. The van der Waals surface area contributed by atoms with Crippen molar-refractivity contribution >= 4 is 59.1 Å². The second-order valence-corrected chi connectivity index (χ2v) is 20.1. The second kappa shape index (κ2) is 36.4. The molecule has 430 valence electrons. The zero-order chi connectivity index (χ0) is 56.8. The van der Waals surface area contributed by atoms with Crippen LogP contribution in [0.4, 0.5) is 0 Å². The van der Waals surface area contributed by atoms with Gasteiger partial charge in [-0.1, -0.05) is 66.7 Å². The molecule has 0 bridgehead atoms. The summed E-state index contributed by atoms with van der Waals surface area (Å²) in [6.07, 6.45) is 1.80. The highest BCUT2D eigenvalue weighted by Gasteiger charge is 2.37. The molecule has 10 amide bonds. The van der Waals surface area contributed by atoms with Crippen LogP contribution in [0.15, 0.2) is 0 Å². The lowest BCUT2D eigenvalue weighted by Crippen LogP contribution is -2.61. The number of hydrogen-bond acceptors (Lipinski definition) is 16. The number of aliphatic hydroxyl groups is 2. The largest absolute Gasteiger partial charge is 0.391 e. The van der Waals surface area contributed by atoms with Crippen LogP contribution in [0.1, 0.15) is 138 Å². The van der Waals surface area contributed by atoms with Crippen LogP contribution in [0.25, 0.3) is 0 Å². The Bertz CT molecular complexity index is 1840. The number of carbonyl (C=O) groups excluding carboxylic acids is 10. The first-order valence-corrected chi connectivity index (χ1v) is 26.6. The summed E-state index contributed by atoms with van der Waals surface area (Å²) in [6.45, 7) is 10.9. The molecule has 0 aromatic heterocycles. The number of hydrogen-bond donors (Lipinski definition) is 16. The van der Waals surface area contributed by atoms with E-state index in [-0.39, 0.29) is 83.0 Å². The van der Waals surface area contributed by atoms with Gasteiger partial charge in [0, 0.05) is 13.0 Å². The lowest BCUT2D eigenvalue weighted by molar-refractivity contribution is -0.136. The van der Waals surface area contributed by atoms with Gasteiger partial charge in [-0.05, 0) is 103 Å². The van der Waals surface area contributed by atoms with E-state index in [1.54, 1.807) is 27.7 Å². The van der Waals surface area contributed by atoms with Gasteiger partial charge < -0.3 is 86.3 Å². The first kappa shape index (κ1) is 67.5. The van der Waals surface area contributed by atoms with Gasteiger partial charge >= 0.3 is 0 Å². The first-order valence-electron chi connectivity index (χ1n) is 26.6. The molecule has 20 N–H and O–H groups in total. The number of nitrogens with two attached hydrogens (primary N) is 4. The minimum absolute atomic E-state index is 0.0679. The molecule has 26 nitrogen and oxygen atoms in total. The van der Waals surface area contributed by atoms with Gasteiger partial charge in [-0.2, -0.15) is 0 Å². The molecule has 1 aliphatic heterocycles. The Labute approximate surface area is 441 Å². The Morgan fingerprint density at radius 3 is 1.44 bits per heavy atom. The van der Waals surface area contributed by atoms with Crippen LogP contribution in [-0.4, -0.2) is 169 Å². The fourth-order valence-electron chi connectivity index (χ4n) is 8.14. The quantitative estimate of drug-likeness (QED) is 0.0366. The average Bonchev–Trinajstić information content (AvgIpc) is 3.33. The van der Waals surface area contributed by atoms with Crippen LogP contribution in [-0.2, 0) is 47.9 Å². The second-order valence-electron chi connectivity index (χ2n) is 20.1. The fourth-order valence-corrected chi connectivity index (χ4v) is 8.14. The summed E-state index contributed by atoms with van der Waals surface area (Å²) in [7, 11) is 0. The van der Waals surface area contributed by atoms with Crippen LogP contribution in [0, 0.1) is 11.8 Å². The van der Waals surface area contributed by atoms with Crippen LogP contribution in [0.5, 0.6) is 0 Å². The van der Waals surface area contributed by atoms with E-state index in [4.69, 9.17) is 22.9 Å². The van der Waals surface area contributed by atoms with Crippen molar-refractivity contribution < 1.29 is 58.2 Å². The number of unbranched alkanes of at least 4 members (excludes halogenated alkanes) is 5. The Morgan fingerprint density at radius 1 is 0.560 bits per heavy atom. The van der Waals surface area contributed by atoms with Crippen LogP contribution in [0.2, 0.25) is 0 Å². The molecule has 0 unspecified atom stereocenters. The number of carbonyl (C=O) groups is 10. The van der Waals surface area contributed by atoms with E-state index in [1.807, 2.05) is 0 Å². The monoisotopic (exact) mass is 1070 g/mol. The van der Waals surface area contributed by atoms with E-state index in [1.165, 1.54) is 13.8 Å². The maximum absolute atomic E-state index is 14.3. The molecule has 0 aliphatic carbocycles. The zero-order valence-corrected chi connectivity index (χ0v) is 45.2. The molecule has 1 rings (SSSR count). The Morgan fingerprint density at radius 2 is 1.00 bits per heavy atom. The molecule has 1 aliphatic rings. The highest BCUT2D eigenvalue weighted by molar-refractivity contribution is 5.98. The molecule has 75 heavy (non-hydrogen) atoms. The topological polar surface area (TPSA) is 436 Å². The summed E-state index contributed by atoms with van der Waals surface area (Å²) in [5.74, 6) is -8.80. The number of aliphatic hydroxyl groups excluding tert-OH is 2.